The van der Waals surface area contributed by atoms with Gasteiger partial charge < -0.3 is 34.1 Å². The molecule has 1 fully saturated rings. The first-order valence-electron chi connectivity index (χ1n) is 21.2. The molecule has 4 aliphatic rings. The maximum absolute atomic E-state index is 15.0. The van der Waals surface area contributed by atoms with Gasteiger partial charge in [-0.25, -0.2) is 4.98 Å². The molecule has 8 bridgehead atoms. The van der Waals surface area contributed by atoms with Crippen molar-refractivity contribution in [1.82, 2.24) is 29.7 Å². The number of H-pyrrole nitrogens is 2. The first-order chi connectivity index (χ1) is 30.1. The molecule has 0 aromatic carbocycles. The summed E-state index contributed by atoms with van der Waals surface area (Å²) in [5.41, 5.74) is 18.8. The lowest BCUT2D eigenvalue weighted by atomic mass is 9.84. The van der Waals surface area contributed by atoms with E-state index in [0.29, 0.717) is 84.8 Å². The van der Waals surface area contributed by atoms with Crippen LogP contribution in [0.2, 0.25) is 0 Å². The number of oxime groups is 1. The van der Waals surface area contributed by atoms with E-state index in [9.17, 15) is 19.5 Å². The minimum absolute atomic E-state index is 0.0299. The van der Waals surface area contributed by atoms with Crippen molar-refractivity contribution in [3.8, 4) is 0 Å². The fourth-order valence-electron chi connectivity index (χ4n) is 8.58. The number of carbonyl (C=O) groups excluding carboxylic acids is 3. The molecule has 18 heteroatoms. The van der Waals surface area contributed by atoms with Crippen molar-refractivity contribution in [2.24, 2.45) is 10.3 Å². The average Bonchev–Trinajstić information content (AvgIpc) is 3.95. The normalized spacial score (nSPS) is 17.9. The number of ether oxygens (including phenoxy) is 3. The zero-order chi connectivity index (χ0) is 43.9. The molecule has 7 heterocycles. The number of amides is 2. The number of hydrogen-bond donors (Lipinski definition) is 3. The molecule has 2 atom stereocenters. The Morgan fingerprint density at radius 1 is 0.984 bits per heavy atom. The van der Waals surface area contributed by atoms with E-state index in [1.807, 2.05) is 45.9 Å². The van der Waals surface area contributed by atoms with Crippen molar-refractivity contribution >= 4 is 57.2 Å². The second-order valence-corrected chi connectivity index (χ2v) is 15.7. The van der Waals surface area contributed by atoms with Gasteiger partial charge in [0.15, 0.2) is 0 Å². The minimum atomic E-state index is -0.466. The molecule has 18 nitrogen and oxygen atoms in total. The zero-order valence-electron chi connectivity index (χ0n) is 36.0. The van der Waals surface area contributed by atoms with Crippen molar-refractivity contribution in [2.45, 2.75) is 65.7 Å². The molecule has 7 rings (SSSR count). The lowest BCUT2D eigenvalue weighted by Crippen LogP contribution is -2.47. The number of morpholine rings is 1. The molecule has 0 saturated carbocycles. The fourth-order valence-corrected chi connectivity index (χ4v) is 8.58. The Kier molecular flexibility index (Phi) is 14.1. The quantitative estimate of drug-likeness (QED) is 0.0206. The number of aliphatic hydroxyl groups is 1. The first-order valence-corrected chi connectivity index (χ1v) is 21.2. The summed E-state index contributed by atoms with van der Waals surface area (Å²) in [4.78, 5) is 71.7. The lowest BCUT2D eigenvalue weighted by Gasteiger charge is -2.31. The standard InChI is InChI=1S/C44H54N10O8/c1-6-29-25(2)33-22-37-31(24-47-62-20-19-59-15-9-46-52-45)27(4)32(49-37)21-34-26(3)30(7-8-38(56)61-18-14-55)41(50-34)40-42-39(28(5)35(51-42)23-36(29)48-33)43(57)54(44(40)58)11-10-53-12-16-60-17-13-53/h21-24,26,30,49,51,55H,6-20H2,1-5H3/b32-21?,33-22?,34-21?,35-23?,36-23?,37-22?,41-40?,47-24+/t26-,30-/m0/s1. The Morgan fingerprint density at radius 2 is 1.74 bits per heavy atom. The van der Waals surface area contributed by atoms with Gasteiger partial charge in [-0.05, 0) is 79.6 Å². The molecule has 0 aliphatic carbocycles. The highest BCUT2D eigenvalue weighted by Crippen LogP contribution is 2.44. The minimum Gasteiger partial charge on any atom is -0.463 e. The lowest BCUT2D eigenvalue weighted by molar-refractivity contribution is -0.144. The van der Waals surface area contributed by atoms with Gasteiger partial charge in [0.05, 0.1) is 73.0 Å². The number of esters is 1. The molecular formula is C44H54N10O8. The number of aromatic nitrogens is 4. The van der Waals surface area contributed by atoms with Crippen molar-refractivity contribution in [2.75, 3.05) is 79.0 Å². The molecule has 0 radical (unpaired) electrons. The molecular weight excluding hydrogens is 797 g/mol. The van der Waals surface area contributed by atoms with Gasteiger partial charge in [0, 0.05) is 83.7 Å². The van der Waals surface area contributed by atoms with Crippen LogP contribution in [0.25, 0.3) is 43.7 Å². The highest BCUT2D eigenvalue weighted by Gasteiger charge is 2.41. The number of aryl methyl sites for hydroxylation is 2. The van der Waals surface area contributed by atoms with Gasteiger partial charge >= 0.3 is 5.97 Å². The number of hydrogen-bond acceptors (Lipinski definition) is 13. The maximum Gasteiger partial charge on any atom is 0.305 e. The van der Waals surface area contributed by atoms with Crippen molar-refractivity contribution in [3.05, 3.63) is 79.2 Å². The molecule has 328 valence electrons. The number of azide groups is 1. The number of fused-ring (bicyclic) bond motifs is 8. The molecule has 3 N–H and O–H groups in total. The molecule has 3 aromatic heterocycles. The van der Waals surface area contributed by atoms with Gasteiger partial charge in [0.1, 0.15) is 13.2 Å². The predicted molar refractivity (Wildman–Crippen MR) is 233 cm³/mol. The molecule has 1 saturated heterocycles. The third-order valence-corrected chi connectivity index (χ3v) is 12.1. The number of nitrogens with one attached hydrogen (secondary N) is 2. The number of nitrogens with zero attached hydrogens (tertiary/aromatic N) is 8. The van der Waals surface area contributed by atoms with Crippen LogP contribution in [0.3, 0.4) is 0 Å². The van der Waals surface area contributed by atoms with Gasteiger partial charge in [-0.3, -0.25) is 29.2 Å². The summed E-state index contributed by atoms with van der Waals surface area (Å²) >= 11 is 0. The Hall–Kier alpha value is -5.91. The predicted octanol–water partition coefficient (Wildman–Crippen LogP) is 6.08. The van der Waals surface area contributed by atoms with Gasteiger partial charge in [-0.2, -0.15) is 0 Å². The van der Waals surface area contributed by atoms with E-state index in [-0.39, 0.29) is 64.4 Å². The highest BCUT2D eigenvalue weighted by atomic mass is 16.6. The molecule has 0 spiro atoms. The fraction of sp³-hybridized carbons (Fsp3) is 0.500. The second kappa shape index (κ2) is 19.9. The number of allylic oxidation sites excluding steroid dienone is 2. The summed E-state index contributed by atoms with van der Waals surface area (Å²) in [6.07, 6.45) is 2.69. The van der Waals surface area contributed by atoms with E-state index < -0.39 is 17.8 Å². The Morgan fingerprint density at radius 3 is 2.50 bits per heavy atom. The number of aromatic amines is 2. The average molecular weight is 851 g/mol. The van der Waals surface area contributed by atoms with Crippen LogP contribution < -0.4 is 0 Å². The van der Waals surface area contributed by atoms with Crippen LogP contribution >= 0.6 is 0 Å². The van der Waals surface area contributed by atoms with E-state index in [4.69, 9.17) is 34.5 Å². The van der Waals surface area contributed by atoms with Gasteiger partial charge in [-0.1, -0.05) is 24.1 Å². The largest absolute Gasteiger partial charge is 0.463 e. The van der Waals surface area contributed by atoms with Gasteiger partial charge in [0.25, 0.3) is 11.8 Å². The first kappa shape index (κ1) is 44.2. The topological polar surface area (TPSA) is 233 Å². The summed E-state index contributed by atoms with van der Waals surface area (Å²) in [6.45, 7) is 13.8. The van der Waals surface area contributed by atoms with Crippen molar-refractivity contribution in [3.63, 3.8) is 0 Å². The summed E-state index contributed by atoms with van der Waals surface area (Å²) in [7, 11) is 0. The van der Waals surface area contributed by atoms with E-state index >= 15 is 0 Å². The van der Waals surface area contributed by atoms with Crippen LogP contribution in [0.1, 0.15) is 112 Å². The SMILES string of the molecule is CCC1=C(C)c2cc3[nH]c(cc4nc(c5c6[nH]c(cc1n2)c(C)c6C(=O)N(CCN1CCOCC1)C5=O)[C@@H](CCC(=O)OCCO)[C@@H]4C)c(C)c3/C=N/OCCOCCN=[N+]=[N-]. The third-order valence-electron chi connectivity index (χ3n) is 12.1. The van der Waals surface area contributed by atoms with Crippen LogP contribution in [0.4, 0.5) is 0 Å². The van der Waals surface area contributed by atoms with E-state index in [0.717, 1.165) is 44.7 Å². The van der Waals surface area contributed by atoms with E-state index in [1.54, 1.807) is 6.21 Å². The number of aliphatic hydroxyl groups excluding tert-OH is 1. The molecule has 0 unspecified atom stereocenters. The van der Waals surface area contributed by atoms with Crippen LogP contribution in [-0.4, -0.2) is 138 Å². The molecule has 2 amide bonds. The highest BCUT2D eigenvalue weighted by molar-refractivity contribution is 6.23. The van der Waals surface area contributed by atoms with E-state index in [2.05, 4.69) is 37.0 Å². The van der Waals surface area contributed by atoms with Crippen LogP contribution in [0.5, 0.6) is 0 Å². The molecule has 4 aliphatic heterocycles. The van der Waals surface area contributed by atoms with Crippen LogP contribution in [0.15, 0.2) is 28.5 Å². The summed E-state index contributed by atoms with van der Waals surface area (Å²) in [5, 5.41) is 17.0. The summed E-state index contributed by atoms with van der Waals surface area (Å²) in [5.74, 6) is -1.96. The molecule has 62 heavy (non-hydrogen) atoms. The van der Waals surface area contributed by atoms with Gasteiger partial charge in [-0.15, -0.1) is 0 Å². The number of imide groups is 1. The smallest absolute Gasteiger partial charge is 0.305 e. The maximum atomic E-state index is 15.0. The zero-order valence-corrected chi connectivity index (χ0v) is 36.0. The number of rotatable bonds is 17. The Balaban J connectivity index is 1.43. The van der Waals surface area contributed by atoms with Crippen molar-refractivity contribution in [1.29, 1.82) is 0 Å². The Labute approximate surface area is 358 Å². The summed E-state index contributed by atoms with van der Waals surface area (Å²) in [6, 6.07) is 5.91. The van der Waals surface area contributed by atoms with Crippen LogP contribution in [-0.2, 0) is 23.8 Å². The molecule has 3 aromatic rings. The monoisotopic (exact) mass is 850 g/mol. The Bertz CT molecular complexity index is 2500. The third kappa shape index (κ3) is 9.15. The second-order valence-electron chi connectivity index (χ2n) is 15.7. The van der Waals surface area contributed by atoms with Crippen LogP contribution in [0, 0.1) is 13.8 Å². The van der Waals surface area contributed by atoms with Crippen molar-refractivity contribution < 1.29 is 38.5 Å². The number of carbonyl (C=O) groups is 3. The summed E-state index contributed by atoms with van der Waals surface area (Å²) < 4.78 is 16.2. The van der Waals surface area contributed by atoms with Gasteiger partial charge in [0.2, 0.25) is 0 Å². The van der Waals surface area contributed by atoms with E-state index in [1.165, 1.54) is 4.90 Å².